The summed E-state index contributed by atoms with van der Waals surface area (Å²) in [5.41, 5.74) is 2.37. The molecule has 0 aliphatic heterocycles. The van der Waals surface area contributed by atoms with E-state index in [4.69, 9.17) is 11.6 Å². The summed E-state index contributed by atoms with van der Waals surface area (Å²) in [5.74, 6) is 0.858. The molecular formula is C19H19ClN2OS. The van der Waals surface area contributed by atoms with Crippen molar-refractivity contribution in [3.8, 4) is 0 Å². The molecule has 1 heterocycles. The van der Waals surface area contributed by atoms with Gasteiger partial charge in [0.2, 0.25) is 5.91 Å². The first-order valence-corrected chi connectivity index (χ1v) is 9.29. The maximum absolute atomic E-state index is 11.9. The van der Waals surface area contributed by atoms with Crippen LogP contribution in [0.5, 0.6) is 0 Å². The molecule has 1 aromatic heterocycles. The smallest absolute Gasteiger partial charge is 0.220 e. The largest absolute Gasteiger partial charge is 0.361 e. The van der Waals surface area contributed by atoms with Gasteiger partial charge in [-0.3, -0.25) is 4.79 Å². The normalized spacial score (nSPS) is 10.9. The van der Waals surface area contributed by atoms with E-state index in [1.807, 2.05) is 42.6 Å². The fourth-order valence-corrected chi connectivity index (χ4v) is 3.53. The second-order valence-electron chi connectivity index (χ2n) is 5.51. The van der Waals surface area contributed by atoms with Gasteiger partial charge < -0.3 is 10.3 Å². The Morgan fingerprint density at radius 1 is 1.12 bits per heavy atom. The van der Waals surface area contributed by atoms with E-state index >= 15 is 0 Å². The van der Waals surface area contributed by atoms with E-state index in [-0.39, 0.29) is 5.91 Å². The number of rotatable bonds is 7. The SMILES string of the molecule is O=C(CCSc1ccc(Cl)cc1)NCCc1c[nH]c2ccccc12. The van der Waals surface area contributed by atoms with Crippen LogP contribution in [0.15, 0.2) is 59.6 Å². The number of benzene rings is 2. The molecule has 0 aliphatic rings. The zero-order valence-electron chi connectivity index (χ0n) is 13.2. The Morgan fingerprint density at radius 2 is 1.92 bits per heavy atom. The van der Waals surface area contributed by atoms with E-state index in [1.165, 1.54) is 10.9 Å². The van der Waals surface area contributed by atoms with Gasteiger partial charge in [-0.25, -0.2) is 0 Å². The highest BCUT2D eigenvalue weighted by atomic mass is 35.5. The molecule has 0 saturated heterocycles. The third kappa shape index (κ3) is 4.56. The molecule has 0 aliphatic carbocycles. The average Bonchev–Trinajstić information content (AvgIpc) is 3.00. The van der Waals surface area contributed by atoms with E-state index < -0.39 is 0 Å². The number of carbonyl (C=O) groups excluding carboxylic acids is 1. The maximum Gasteiger partial charge on any atom is 0.220 e. The number of hydrogen-bond acceptors (Lipinski definition) is 2. The molecule has 24 heavy (non-hydrogen) atoms. The van der Waals surface area contributed by atoms with Gasteiger partial charge in [0.15, 0.2) is 0 Å². The lowest BCUT2D eigenvalue weighted by atomic mass is 10.1. The summed E-state index contributed by atoms with van der Waals surface area (Å²) < 4.78 is 0. The van der Waals surface area contributed by atoms with Gasteiger partial charge in [-0.1, -0.05) is 29.8 Å². The standard InChI is InChI=1S/C19H19ClN2OS/c20-15-5-7-16(8-6-15)24-12-10-19(23)21-11-9-14-13-22-18-4-2-1-3-17(14)18/h1-8,13,22H,9-12H2,(H,21,23). The minimum Gasteiger partial charge on any atom is -0.361 e. The zero-order chi connectivity index (χ0) is 16.8. The van der Waals surface area contributed by atoms with Crippen molar-refractivity contribution in [1.82, 2.24) is 10.3 Å². The first-order valence-electron chi connectivity index (χ1n) is 7.92. The van der Waals surface area contributed by atoms with Crippen LogP contribution in [0.2, 0.25) is 5.02 Å². The number of hydrogen-bond donors (Lipinski definition) is 2. The molecule has 1 amide bonds. The quantitative estimate of drug-likeness (QED) is 0.603. The summed E-state index contributed by atoms with van der Waals surface area (Å²) in [6.45, 7) is 0.659. The van der Waals surface area contributed by atoms with Crippen LogP contribution in [0, 0.1) is 0 Å². The summed E-state index contributed by atoms with van der Waals surface area (Å²) in [5, 5.41) is 4.95. The van der Waals surface area contributed by atoms with Crippen molar-refractivity contribution in [2.24, 2.45) is 0 Å². The summed E-state index contributed by atoms with van der Waals surface area (Å²) in [6, 6.07) is 15.9. The van der Waals surface area contributed by atoms with Crippen molar-refractivity contribution in [3.63, 3.8) is 0 Å². The molecule has 2 N–H and O–H groups in total. The lowest BCUT2D eigenvalue weighted by Gasteiger charge is -2.05. The molecule has 0 unspecified atom stereocenters. The number of fused-ring (bicyclic) bond motifs is 1. The van der Waals surface area contributed by atoms with Crippen LogP contribution in [0.1, 0.15) is 12.0 Å². The second-order valence-corrected chi connectivity index (χ2v) is 7.12. The van der Waals surface area contributed by atoms with Crippen LogP contribution >= 0.6 is 23.4 Å². The number of thioether (sulfide) groups is 1. The van der Waals surface area contributed by atoms with Crippen LogP contribution in [0.25, 0.3) is 10.9 Å². The zero-order valence-corrected chi connectivity index (χ0v) is 14.8. The topological polar surface area (TPSA) is 44.9 Å². The Labute approximate surface area is 150 Å². The van der Waals surface area contributed by atoms with E-state index in [0.29, 0.717) is 13.0 Å². The maximum atomic E-state index is 11.9. The molecule has 0 saturated carbocycles. The van der Waals surface area contributed by atoms with Crippen molar-refractivity contribution in [3.05, 3.63) is 65.3 Å². The summed E-state index contributed by atoms with van der Waals surface area (Å²) in [6.07, 6.45) is 3.37. The van der Waals surface area contributed by atoms with Crippen molar-refractivity contribution in [2.45, 2.75) is 17.7 Å². The highest BCUT2D eigenvalue weighted by Crippen LogP contribution is 2.21. The summed E-state index contributed by atoms with van der Waals surface area (Å²) in [4.78, 5) is 16.3. The minimum absolute atomic E-state index is 0.0938. The number of para-hydroxylation sites is 1. The van der Waals surface area contributed by atoms with Gasteiger partial charge in [0.1, 0.15) is 0 Å². The monoisotopic (exact) mass is 358 g/mol. The van der Waals surface area contributed by atoms with Gasteiger partial charge in [0.25, 0.3) is 0 Å². The number of nitrogens with one attached hydrogen (secondary N) is 2. The highest BCUT2D eigenvalue weighted by molar-refractivity contribution is 7.99. The molecule has 3 nitrogen and oxygen atoms in total. The third-order valence-electron chi connectivity index (χ3n) is 3.80. The van der Waals surface area contributed by atoms with Crippen LogP contribution < -0.4 is 5.32 Å². The van der Waals surface area contributed by atoms with Gasteiger partial charge >= 0.3 is 0 Å². The molecule has 0 spiro atoms. The summed E-state index contributed by atoms with van der Waals surface area (Å²) >= 11 is 7.52. The van der Waals surface area contributed by atoms with Crippen molar-refractivity contribution in [1.29, 1.82) is 0 Å². The van der Waals surface area contributed by atoms with Gasteiger partial charge in [0.05, 0.1) is 0 Å². The Bertz CT molecular complexity index is 814. The average molecular weight is 359 g/mol. The van der Waals surface area contributed by atoms with Crippen molar-refractivity contribution >= 4 is 40.2 Å². The Balaban J connectivity index is 1.39. The van der Waals surface area contributed by atoms with E-state index in [2.05, 4.69) is 22.4 Å². The Hall–Kier alpha value is -1.91. The molecule has 124 valence electrons. The number of aromatic amines is 1. The van der Waals surface area contributed by atoms with Gasteiger partial charge in [-0.05, 0) is 42.3 Å². The first-order chi connectivity index (χ1) is 11.7. The van der Waals surface area contributed by atoms with Crippen LogP contribution in [-0.4, -0.2) is 23.2 Å². The number of amides is 1. The molecular weight excluding hydrogens is 340 g/mol. The van der Waals surface area contributed by atoms with Crippen LogP contribution in [0.4, 0.5) is 0 Å². The molecule has 0 bridgehead atoms. The molecule has 0 radical (unpaired) electrons. The number of H-pyrrole nitrogens is 1. The number of halogens is 1. The van der Waals surface area contributed by atoms with E-state index in [0.717, 1.165) is 27.6 Å². The second kappa shape index (κ2) is 8.27. The van der Waals surface area contributed by atoms with E-state index in [1.54, 1.807) is 11.8 Å². The lowest BCUT2D eigenvalue weighted by Crippen LogP contribution is -2.25. The minimum atomic E-state index is 0.0938. The van der Waals surface area contributed by atoms with Crippen molar-refractivity contribution < 1.29 is 4.79 Å². The third-order valence-corrected chi connectivity index (χ3v) is 5.07. The molecule has 3 aromatic rings. The van der Waals surface area contributed by atoms with Gasteiger partial charge in [-0.2, -0.15) is 0 Å². The predicted octanol–water partition coefficient (Wildman–Crippen LogP) is 4.66. The predicted molar refractivity (Wildman–Crippen MR) is 102 cm³/mol. The number of carbonyl (C=O) groups is 1. The lowest BCUT2D eigenvalue weighted by molar-refractivity contribution is -0.120. The van der Waals surface area contributed by atoms with E-state index in [9.17, 15) is 4.79 Å². The molecule has 0 atom stereocenters. The Kier molecular flexibility index (Phi) is 5.83. The van der Waals surface area contributed by atoms with Crippen LogP contribution in [-0.2, 0) is 11.2 Å². The Morgan fingerprint density at radius 3 is 2.75 bits per heavy atom. The molecule has 2 aromatic carbocycles. The van der Waals surface area contributed by atoms with Crippen molar-refractivity contribution in [2.75, 3.05) is 12.3 Å². The fraction of sp³-hybridized carbons (Fsp3) is 0.211. The summed E-state index contributed by atoms with van der Waals surface area (Å²) in [7, 11) is 0. The fourth-order valence-electron chi connectivity index (χ4n) is 2.56. The number of aromatic nitrogens is 1. The highest BCUT2D eigenvalue weighted by Gasteiger charge is 2.05. The van der Waals surface area contributed by atoms with Gasteiger partial charge in [-0.15, -0.1) is 11.8 Å². The molecule has 0 fully saturated rings. The molecule has 5 heteroatoms. The van der Waals surface area contributed by atoms with Gasteiger partial charge in [0, 0.05) is 45.7 Å². The first kappa shape index (κ1) is 16.9. The molecule has 3 rings (SSSR count). The van der Waals surface area contributed by atoms with Crippen LogP contribution in [0.3, 0.4) is 0 Å².